The molecule has 8 heteroatoms. The van der Waals surface area contributed by atoms with Gasteiger partial charge in [-0.1, -0.05) is 42.1 Å². The Morgan fingerprint density at radius 1 is 1.18 bits per heavy atom. The second-order valence-electron chi connectivity index (χ2n) is 8.90. The molecular formula is C25H26N4O2S2. The first-order valence-corrected chi connectivity index (χ1v) is 13.3. The Kier molecular flexibility index (Phi) is 6.26. The molecular weight excluding hydrogens is 452 g/mol. The number of aromatic nitrogens is 2. The van der Waals surface area contributed by atoms with E-state index in [-0.39, 0.29) is 17.2 Å². The number of hydrogen-bond donors (Lipinski definition) is 1. The maximum Gasteiger partial charge on any atom is 0.263 e. The Labute approximate surface area is 201 Å². The van der Waals surface area contributed by atoms with Gasteiger partial charge in [0.2, 0.25) is 5.91 Å². The van der Waals surface area contributed by atoms with Crippen LogP contribution in [0.3, 0.4) is 0 Å². The van der Waals surface area contributed by atoms with Gasteiger partial charge in [0, 0.05) is 4.88 Å². The maximum absolute atomic E-state index is 13.7. The lowest BCUT2D eigenvalue weighted by molar-refractivity contribution is -0.119. The quantitative estimate of drug-likeness (QED) is 0.418. The number of thiophene rings is 1. The second-order valence-corrected chi connectivity index (χ2v) is 10.9. The fourth-order valence-electron chi connectivity index (χ4n) is 4.91. The van der Waals surface area contributed by atoms with Gasteiger partial charge in [0.15, 0.2) is 5.16 Å². The Balaban J connectivity index is 1.47. The average Bonchev–Trinajstić information content (AvgIpc) is 3.45. The van der Waals surface area contributed by atoms with Crippen molar-refractivity contribution in [3.05, 3.63) is 56.7 Å². The SMILES string of the molecule is N#CC1(NC(=O)CSc2nc3sc4c(c3c(=O)n2Cc2ccccc2)CCCC4)CCCC1. The van der Waals surface area contributed by atoms with Crippen molar-refractivity contribution in [1.82, 2.24) is 14.9 Å². The average molecular weight is 479 g/mol. The molecule has 2 aliphatic rings. The third-order valence-corrected chi connectivity index (χ3v) is 8.77. The van der Waals surface area contributed by atoms with Gasteiger partial charge in [-0.05, 0) is 62.5 Å². The molecule has 2 heterocycles. The molecule has 33 heavy (non-hydrogen) atoms. The van der Waals surface area contributed by atoms with Gasteiger partial charge in [-0.2, -0.15) is 5.26 Å². The van der Waals surface area contributed by atoms with Gasteiger partial charge in [-0.25, -0.2) is 4.98 Å². The highest BCUT2D eigenvalue weighted by Crippen LogP contribution is 2.35. The Morgan fingerprint density at radius 3 is 2.70 bits per heavy atom. The highest BCUT2D eigenvalue weighted by molar-refractivity contribution is 7.99. The van der Waals surface area contributed by atoms with E-state index in [4.69, 9.17) is 4.98 Å². The standard InChI is InChI=1S/C25H26N4O2S2/c26-16-25(12-6-7-13-25)28-20(30)15-32-24-27-22-21(18-10-4-5-11-19(18)33-22)23(31)29(24)14-17-8-2-1-3-9-17/h1-3,8-9H,4-7,10-15H2,(H,28,30). The van der Waals surface area contributed by atoms with Gasteiger partial charge in [0.25, 0.3) is 5.56 Å². The van der Waals surface area contributed by atoms with E-state index < -0.39 is 5.54 Å². The van der Waals surface area contributed by atoms with Crippen molar-refractivity contribution in [2.75, 3.05) is 5.75 Å². The molecule has 1 N–H and O–H groups in total. The van der Waals surface area contributed by atoms with Crippen LogP contribution < -0.4 is 10.9 Å². The lowest BCUT2D eigenvalue weighted by Gasteiger charge is -2.22. The fraction of sp³-hybridized carbons (Fsp3) is 0.440. The van der Waals surface area contributed by atoms with Crippen LogP contribution in [0.15, 0.2) is 40.3 Å². The molecule has 2 aromatic heterocycles. The summed E-state index contributed by atoms with van der Waals surface area (Å²) in [5, 5.41) is 13.8. The molecule has 0 saturated heterocycles. The van der Waals surface area contributed by atoms with Crippen LogP contribution in [-0.4, -0.2) is 26.8 Å². The Morgan fingerprint density at radius 2 is 1.94 bits per heavy atom. The molecule has 0 atom stereocenters. The lowest BCUT2D eigenvalue weighted by atomic mass is 9.97. The van der Waals surface area contributed by atoms with E-state index in [1.165, 1.54) is 22.2 Å². The highest BCUT2D eigenvalue weighted by atomic mass is 32.2. The molecule has 1 saturated carbocycles. The monoisotopic (exact) mass is 478 g/mol. The van der Waals surface area contributed by atoms with Gasteiger partial charge in [-0.3, -0.25) is 14.2 Å². The third-order valence-electron chi connectivity index (χ3n) is 6.61. The van der Waals surface area contributed by atoms with Crippen LogP contribution in [0.25, 0.3) is 10.2 Å². The van der Waals surface area contributed by atoms with Crippen LogP contribution >= 0.6 is 23.1 Å². The molecule has 0 unspecified atom stereocenters. The zero-order valence-corrected chi connectivity index (χ0v) is 20.1. The lowest BCUT2D eigenvalue weighted by Crippen LogP contribution is -2.45. The Bertz CT molecular complexity index is 1280. The predicted octanol–water partition coefficient (Wildman–Crippen LogP) is 4.43. The zero-order valence-electron chi connectivity index (χ0n) is 18.4. The minimum absolute atomic E-state index is 0.0181. The molecule has 2 aliphatic carbocycles. The topological polar surface area (TPSA) is 87.8 Å². The number of thioether (sulfide) groups is 1. The number of aryl methyl sites for hydroxylation is 2. The number of amides is 1. The normalized spacial score (nSPS) is 16.9. The number of nitrogens with one attached hydrogen (secondary N) is 1. The summed E-state index contributed by atoms with van der Waals surface area (Å²) in [7, 11) is 0. The maximum atomic E-state index is 13.7. The number of carbonyl (C=O) groups is 1. The van der Waals surface area contributed by atoms with E-state index in [0.29, 0.717) is 24.5 Å². The van der Waals surface area contributed by atoms with E-state index in [0.717, 1.165) is 54.3 Å². The zero-order chi connectivity index (χ0) is 22.8. The number of benzene rings is 1. The van der Waals surface area contributed by atoms with Gasteiger partial charge in [-0.15, -0.1) is 11.3 Å². The van der Waals surface area contributed by atoms with E-state index in [2.05, 4.69) is 11.4 Å². The van der Waals surface area contributed by atoms with E-state index >= 15 is 0 Å². The summed E-state index contributed by atoms with van der Waals surface area (Å²) >= 11 is 2.90. The van der Waals surface area contributed by atoms with Crippen molar-refractivity contribution in [3.63, 3.8) is 0 Å². The number of rotatable bonds is 6. The van der Waals surface area contributed by atoms with Crippen LogP contribution in [0.1, 0.15) is 54.5 Å². The summed E-state index contributed by atoms with van der Waals surface area (Å²) in [6.45, 7) is 0.416. The number of hydrogen-bond acceptors (Lipinski definition) is 6. The summed E-state index contributed by atoms with van der Waals surface area (Å²) in [6, 6.07) is 12.2. The van der Waals surface area contributed by atoms with Crippen molar-refractivity contribution >= 4 is 39.2 Å². The van der Waals surface area contributed by atoms with E-state index in [1.807, 2.05) is 30.3 Å². The molecule has 1 fully saturated rings. The van der Waals surface area contributed by atoms with Crippen LogP contribution in [-0.2, 0) is 24.2 Å². The van der Waals surface area contributed by atoms with Crippen LogP contribution in [0, 0.1) is 11.3 Å². The summed E-state index contributed by atoms with van der Waals surface area (Å²) in [6.07, 6.45) is 7.51. The van der Waals surface area contributed by atoms with Crippen LogP contribution in [0.2, 0.25) is 0 Å². The van der Waals surface area contributed by atoms with E-state index in [1.54, 1.807) is 15.9 Å². The molecule has 0 spiro atoms. The summed E-state index contributed by atoms with van der Waals surface area (Å²) in [4.78, 5) is 33.3. The van der Waals surface area contributed by atoms with Crippen molar-refractivity contribution in [1.29, 1.82) is 5.26 Å². The van der Waals surface area contributed by atoms with Crippen molar-refractivity contribution in [2.24, 2.45) is 0 Å². The minimum atomic E-state index is -0.745. The summed E-state index contributed by atoms with van der Waals surface area (Å²) in [5.41, 5.74) is 1.43. The highest BCUT2D eigenvalue weighted by Gasteiger charge is 2.35. The first-order chi connectivity index (χ1) is 16.1. The number of nitriles is 1. The number of carbonyl (C=O) groups excluding carboxylic acids is 1. The van der Waals surface area contributed by atoms with E-state index in [9.17, 15) is 14.9 Å². The molecule has 6 nitrogen and oxygen atoms in total. The molecule has 0 aliphatic heterocycles. The molecule has 170 valence electrons. The molecule has 0 bridgehead atoms. The fourth-order valence-corrected chi connectivity index (χ4v) is 7.01. The largest absolute Gasteiger partial charge is 0.337 e. The van der Waals surface area contributed by atoms with Gasteiger partial charge < -0.3 is 5.32 Å². The number of nitrogens with zero attached hydrogens (tertiary/aromatic N) is 3. The van der Waals surface area contributed by atoms with Crippen molar-refractivity contribution < 1.29 is 4.79 Å². The van der Waals surface area contributed by atoms with Crippen LogP contribution in [0.4, 0.5) is 0 Å². The molecule has 5 rings (SSSR count). The molecule has 0 radical (unpaired) electrons. The van der Waals surface area contributed by atoms with Crippen molar-refractivity contribution in [3.8, 4) is 6.07 Å². The number of fused-ring (bicyclic) bond motifs is 3. The van der Waals surface area contributed by atoms with Gasteiger partial charge >= 0.3 is 0 Å². The summed E-state index contributed by atoms with van der Waals surface area (Å²) in [5.74, 6) is -0.0594. The van der Waals surface area contributed by atoms with Gasteiger partial charge in [0.1, 0.15) is 10.4 Å². The first-order valence-electron chi connectivity index (χ1n) is 11.5. The molecule has 3 aromatic rings. The molecule has 1 amide bonds. The first kappa shape index (κ1) is 22.2. The van der Waals surface area contributed by atoms with Crippen molar-refractivity contribution in [2.45, 2.75) is 68.6 Å². The van der Waals surface area contributed by atoms with Gasteiger partial charge in [0.05, 0.1) is 23.8 Å². The Hall–Kier alpha value is -2.63. The predicted molar refractivity (Wildman–Crippen MR) is 132 cm³/mol. The van der Waals surface area contributed by atoms with Crippen LogP contribution in [0.5, 0.6) is 0 Å². The second kappa shape index (κ2) is 9.32. The third kappa shape index (κ3) is 4.44. The summed E-state index contributed by atoms with van der Waals surface area (Å²) < 4.78 is 1.72. The smallest absolute Gasteiger partial charge is 0.263 e. The minimum Gasteiger partial charge on any atom is -0.337 e. The molecule has 1 aromatic carbocycles.